The Bertz CT molecular complexity index is 682. The van der Waals surface area contributed by atoms with Crippen molar-refractivity contribution in [3.8, 4) is 0 Å². The van der Waals surface area contributed by atoms with Gasteiger partial charge in [0, 0.05) is 24.7 Å². The van der Waals surface area contributed by atoms with Gasteiger partial charge in [0.05, 0.1) is 18.9 Å². The number of aliphatic hydroxyl groups excluding tert-OH is 1. The highest BCUT2D eigenvalue weighted by molar-refractivity contribution is 7.90. The van der Waals surface area contributed by atoms with Crippen molar-refractivity contribution in [2.45, 2.75) is 50.4 Å². The molecule has 4 atom stereocenters. The van der Waals surface area contributed by atoms with Crippen LogP contribution in [0.2, 0.25) is 0 Å². The molecule has 154 valence electrons. The first-order valence-electron chi connectivity index (χ1n) is 9.24. The Morgan fingerprint density at radius 2 is 1.82 bits per heavy atom. The summed E-state index contributed by atoms with van der Waals surface area (Å²) in [6.07, 6.45) is 0.0918. The summed E-state index contributed by atoms with van der Waals surface area (Å²) in [5, 5.41) is 10.9. The van der Waals surface area contributed by atoms with Gasteiger partial charge in [0.2, 0.25) is 0 Å². The molecular weight excluding hydrogens is 376 g/mol. The molecule has 0 fully saturated rings. The molecule has 1 aromatic heterocycles. The van der Waals surface area contributed by atoms with Gasteiger partial charge < -0.3 is 19.1 Å². The van der Waals surface area contributed by atoms with E-state index in [0.29, 0.717) is 12.3 Å². The van der Waals surface area contributed by atoms with Crippen molar-refractivity contribution in [1.29, 1.82) is 0 Å². The number of hydrogen-bond acceptors (Lipinski definition) is 6. The minimum atomic E-state index is -1.40. The summed E-state index contributed by atoms with van der Waals surface area (Å²) in [7, 11) is 1.55. The monoisotopic (exact) mass is 406 g/mol. The molecule has 2 N–H and O–H groups in total. The standard InChI is InChI=1S/C21H30N2O4S/c1-21(2,3)28(25)23-19(20(24)17-12-8-9-13-22-17)18(26-4)15-27-14-16-10-6-5-7-11-16/h5-13,18-20,23-24H,14-15H2,1-4H3/t18-,19+,20+,28?/m1/s1. The molecule has 2 rings (SSSR count). The van der Waals surface area contributed by atoms with E-state index in [1.807, 2.05) is 51.1 Å². The highest BCUT2D eigenvalue weighted by Gasteiger charge is 2.38. The van der Waals surface area contributed by atoms with Gasteiger partial charge in [0.25, 0.3) is 0 Å². The third-order valence-electron chi connectivity index (χ3n) is 4.23. The summed E-state index contributed by atoms with van der Waals surface area (Å²) in [5.74, 6) is 0. The maximum atomic E-state index is 12.7. The fraction of sp³-hybridized carbons (Fsp3) is 0.476. The molecule has 28 heavy (non-hydrogen) atoms. The second kappa shape index (κ2) is 10.9. The number of pyridine rings is 1. The topological polar surface area (TPSA) is 86.7 Å². The van der Waals surface area contributed by atoms with Crippen molar-refractivity contribution in [2.24, 2.45) is 0 Å². The van der Waals surface area contributed by atoms with E-state index in [4.69, 9.17) is 9.47 Å². The Labute approximate surface area is 170 Å². The maximum Gasteiger partial charge on any atom is 0.136 e. The van der Waals surface area contributed by atoms with E-state index in [0.717, 1.165) is 5.56 Å². The van der Waals surface area contributed by atoms with Gasteiger partial charge in [-0.3, -0.25) is 4.98 Å². The third-order valence-corrected chi connectivity index (χ3v) is 5.83. The van der Waals surface area contributed by atoms with Crippen molar-refractivity contribution in [3.63, 3.8) is 0 Å². The second-order valence-electron chi connectivity index (χ2n) is 7.50. The molecule has 0 aliphatic carbocycles. The number of benzene rings is 1. The van der Waals surface area contributed by atoms with Crippen molar-refractivity contribution in [1.82, 2.24) is 9.71 Å². The molecule has 7 heteroatoms. The summed E-state index contributed by atoms with van der Waals surface area (Å²) >= 11 is -1.40. The van der Waals surface area contributed by atoms with E-state index in [-0.39, 0.29) is 6.61 Å². The Kier molecular flexibility index (Phi) is 8.88. The fourth-order valence-electron chi connectivity index (χ4n) is 2.56. The van der Waals surface area contributed by atoms with Crippen LogP contribution in [-0.4, -0.2) is 45.3 Å². The van der Waals surface area contributed by atoms with E-state index in [1.54, 1.807) is 31.5 Å². The van der Waals surface area contributed by atoms with Gasteiger partial charge in [-0.05, 0) is 38.5 Å². The number of methoxy groups -OCH3 is 1. The summed E-state index contributed by atoms with van der Waals surface area (Å²) in [6.45, 7) is 6.26. The number of hydrogen-bond donors (Lipinski definition) is 2. The molecule has 1 heterocycles. The molecule has 0 aliphatic rings. The number of aromatic nitrogens is 1. The molecule has 2 aromatic rings. The molecule has 0 spiro atoms. The van der Waals surface area contributed by atoms with Crippen molar-refractivity contribution >= 4 is 11.4 Å². The fourth-order valence-corrected chi connectivity index (χ4v) is 3.45. The predicted molar refractivity (Wildman–Crippen MR) is 111 cm³/mol. The van der Waals surface area contributed by atoms with Gasteiger partial charge in [-0.15, -0.1) is 4.72 Å². The second-order valence-corrected chi connectivity index (χ2v) is 9.50. The Balaban J connectivity index is 2.12. The zero-order chi connectivity index (χ0) is 20.6. The summed E-state index contributed by atoms with van der Waals surface area (Å²) in [5.41, 5.74) is 1.53. The van der Waals surface area contributed by atoms with Crippen LogP contribution >= 0.6 is 0 Å². The first kappa shape index (κ1) is 22.8. The SMILES string of the molecule is CO[C@H](COCc1ccccc1)[C@H](N[S+]([O-])C(C)(C)C)[C@@H](O)c1ccccn1. The third kappa shape index (κ3) is 6.84. The van der Waals surface area contributed by atoms with Crippen LogP contribution in [0.15, 0.2) is 54.7 Å². The highest BCUT2D eigenvalue weighted by atomic mass is 32.2. The average Bonchev–Trinajstić information content (AvgIpc) is 2.70. The van der Waals surface area contributed by atoms with Crippen molar-refractivity contribution < 1.29 is 19.1 Å². The Hall–Kier alpha value is -1.48. The average molecular weight is 407 g/mol. The van der Waals surface area contributed by atoms with Crippen LogP contribution in [0.4, 0.5) is 0 Å². The number of ether oxygens (including phenoxy) is 2. The molecule has 0 saturated carbocycles. The predicted octanol–water partition coefficient (Wildman–Crippen LogP) is 2.77. The molecule has 1 unspecified atom stereocenters. The molecule has 0 bridgehead atoms. The minimum absolute atomic E-state index is 0.230. The maximum absolute atomic E-state index is 12.7. The lowest BCUT2D eigenvalue weighted by atomic mass is 10.0. The largest absolute Gasteiger partial charge is 0.598 e. The molecule has 1 aromatic carbocycles. The first-order valence-corrected chi connectivity index (χ1v) is 10.4. The van der Waals surface area contributed by atoms with Crippen LogP contribution < -0.4 is 4.72 Å². The van der Waals surface area contributed by atoms with Crippen LogP contribution in [0.5, 0.6) is 0 Å². The summed E-state index contributed by atoms with van der Waals surface area (Å²) < 4.78 is 26.6. The van der Waals surface area contributed by atoms with Gasteiger partial charge in [-0.2, -0.15) is 0 Å². The molecule has 0 radical (unpaired) electrons. The summed E-state index contributed by atoms with van der Waals surface area (Å²) in [4.78, 5) is 4.23. The number of aliphatic hydroxyl groups is 1. The lowest BCUT2D eigenvalue weighted by Gasteiger charge is -2.33. The molecular formula is C21H30N2O4S. The van der Waals surface area contributed by atoms with E-state index in [1.165, 1.54) is 0 Å². The quantitative estimate of drug-likeness (QED) is 0.590. The lowest BCUT2D eigenvalue weighted by Crippen LogP contribution is -2.53. The number of rotatable bonds is 10. The first-order chi connectivity index (χ1) is 13.3. The van der Waals surface area contributed by atoms with Crippen LogP contribution in [0.1, 0.15) is 38.1 Å². The normalized spacial score (nSPS) is 16.4. The Morgan fingerprint density at radius 1 is 1.14 bits per heavy atom. The zero-order valence-corrected chi connectivity index (χ0v) is 17.7. The number of nitrogens with one attached hydrogen (secondary N) is 1. The van der Waals surface area contributed by atoms with Gasteiger partial charge >= 0.3 is 0 Å². The smallest absolute Gasteiger partial charge is 0.136 e. The molecule has 0 saturated heterocycles. The van der Waals surface area contributed by atoms with E-state index in [2.05, 4.69) is 9.71 Å². The molecule has 0 amide bonds. The van der Waals surface area contributed by atoms with Crippen LogP contribution in [-0.2, 0) is 27.4 Å². The van der Waals surface area contributed by atoms with Gasteiger partial charge in [0.15, 0.2) is 0 Å². The highest BCUT2D eigenvalue weighted by Crippen LogP contribution is 2.23. The Morgan fingerprint density at radius 3 is 2.39 bits per heavy atom. The van der Waals surface area contributed by atoms with Crippen molar-refractivity contribution in [3.05, 3.63) is 66.0 Å². The minimum Gasteiger partial charge on any atom is -0.598 e. The summed E-state index contributed by atoms with van der Waals surface area (Å²) in [6, 6.07) is 14.5. The number of nitrogens with zero attached hydrogens (tertiary/aromatic N) is 1. The van der Waals surface area contributed by atoms with Crippen LogP contribution in [0, 0.1) is 0 Å². The van der Waals surface area contributed by atoms with Gasteiger partial charge in [0.1, 0.15) is 23.0 Å². The molecule has 0 aliphatic heterocycles. The van der Waals surface area contributed by atoms with E-state index in [9.17, 15) is 9.66 Å². The molecule has 6 nitrogen and oxygen atoms in total. The van der Waals surface area contributed by atoms with Crippen molar-refractivity contribution in [2.75, 3.05) is 13.7 Å². The zero-order valence-electron chi connectivity index (χ0n) is 16.9. The van der Waals surface area contributed by atoms with Crippen LogP contribution in [0.25, 0.3) is 0 Å². The van der Waals surface area contributed by atoms with E-state index < -0.39 is 34.4 Å². The van der Waals surface area contributed by atoms with Gasteiger partial charge in [-0.1, -0.05) is 36.4 Å². The lowest BCUT2D eigenvalue weighted by molar-refractivity contribution is -0.0414. The van der Waals surface area contributed by atoms with Crippen LogP contribution in [0.3, 0.4) is 0 Å². The van der Waals surface area contributed by atoms with E-state index >= 15 is 0 Å². The van der Waals surface area contributed by atoms with Gasteiger partial charge in [-0.25, -0.2) is 0 Å².